The molecule has 1 aromatic carbocycles. The zero-order valence-corrected chi connectivity index (χ0v) is 14.9. The maximum atomic E-state index is 13.2. The molecule has 1 aliphatic heterocycles. The first kappa shape index (κ1) is 21.8. The fourth-order valence-corrected chi connectivity index (χ4v) is 2.60. The van der Waals surface area contributed by atoms with Crippen molar-refractivity contribution in [2.75, 3.05) is 39.3 Å². The van der Waals surface area contributed by atoms with Crippen LogP contribution in [0.2, 0.25) is 5.02 Å². The number of piperazine rings is 1. The molecule has 1 unspecified atom stereocenters. The molecule has 0 aliphatic carbocycles. The third-order valence-corrected chi connectivity index (χ3v) is 3.97. The molecule has 0 saturated carbocycles. The summed E-state index contributed by atoms with van der Waals surface area (Å²) in [7, 11) is 0. The number of carbonyl (C=O) groups excluding carboxylic acids is 1. The number of para-hydroxylation sites is 1. The fourth-order valence-electron chi connectivity index (χ4n) is 2.41. The highest BCUT2D eigenvalue weighted by Gasteiger charge is 2.43. The second kappa shape index (κ2) is 10.1. The molecule has 0 aromatic heterocycles. The van der Waals surface area contributed by atoms with Gasteiger partial charge in [-0.3, -0.25) is 9.69 Å². The molecule has 0 bridgehead atoms. The Labute approximate surface area is 155 Å². The molecule has 2 N–H and O–H groups in total. The standard InChI is InChI=1S/C15H19ClF3N3O2.ClH/c16-11-3-1-2-4-12(11)24-10-14(23)21-9-13(15(17,18)19)22-7-5-20-6-8-22;/h1-4,13,20H,5-10H2,(H,21,23);1H. The first-order valence-electron chi connectivity index (χ1n) is 7.53. The van der Waals surface area contributed by atoms with Crippen LogP contribution in [0.5, 0.6) is 5.75 Å². The molecular formula is C15H20Cl2F3N3O2. The van der Waals surface area contributed by atoms with Crippen molar-refractivity contribution >= 4 is 29.9 Å². The number of ether oxygens (including phenoxy) is 1. The fraction of sp³-hybridized carbons (Fsp3) is 0.533. The lowest BCUT2D eigenvalue weighted by molar-refractivity contribution is -0.184. The Balaban J connectivity index is 0.00000312. The van der Waals surface area contributed by atoms with Gasteiger partial charge in [-0.2, -0.15) is 13.2 Å². The summed E-state index contributed by atoms with van der Waals surface area (Å²) in [4.78, 5) is 13.1. The number of hydrogen-bond acceptors (Lipinski definition) is 4. The third kappa shape index (κ3) is 6.89. The summed E-state index contributed by atoms with van der Waals surface area (Å²) < 4.78 is 44.8. The highest BCUT2D eigenvalue weighted by molar-refractivity contribution is 6.32. The zero-order valence-electron chi connectivity index (χ0n) is 13.3. The van der Waals surface area contributed by atoms with E-state index >= 15 is 0 Å². The first-order chi connectivity index (χ1) is 11.4. The maximum absolute atomic E-state index is 13.2. The minimum atomic E-state index is -4.41. The van der Waals surface area contributed by atoms with E-state index in [4.69, 9.17) is 16.3 Å². The van der Waals surface area contributed by atoms with E-state index in [0.717, 1.165) is 0 Å². The molecular weight excluding hydrogens is 382 g/mol. The van der Waals surface area contributed by atoms with E-state index in [0.29, 0.717) is 23.9 Å². The number of nitrogens with zero attached hydrogens (tertiary/aromatic N) is 1. The molecule has 0 spiro atoms. The molecule has 142 valence electrons. The predicted molar refractivity (Wildman–Crippen MR) is 91.5 cm³/mol. The van der Waals surface area contributed by atoms with Crippen LogP contribution in [-0.2, 0) is 4.79 Å². The average Bonchev–Trinajstić information content (AvgIpc) is 2.54. The van der Waals surface area contributed by atoms with Gasteiger partial charge >= 0.3 is 6.18 Å². The highest BCUT2D eigenvalue weighted by atomic mass is 35.5. The van der Waals surface area contributed by atoms with Crippen LogP contribution in [0.1, 0.15) is 0 Å². The molecule has 10 heteroatoms. The monoisotopic (exact) mass is 401 g/mol. The second-order valence-corrected chi connectivity index (χ2v) is 5.77. The number of nitrogens with one attached hydrogen (secondary N) is 2. The minimum absolute atomic E-state index is 0. The first-order valence-corrected chi connectivity index (χ1v) is 7.91. The normalized spacial score (nSPS) is 16.6. The maximum Gasteiger partial charge on any atom is 0.405 e. The molecule has 1 saturated heterocycles. The van der Waals surface area contributed by atoms with E-state index in [2.05, 4.69) is 10.6 Å². The van der Waals surface area contributed by atoms with Gasteiger partial charge < -0.3 is 15.4 Å². The zero-order chi connectivity index (χ0) is 17.6. The summed E-state index contributed by atoms with van der Waals surface area (Å²) in [5.41, 5.74) is 0. The van der Waals surface area contributed by atoms with Crippen molar-refractivity contribution in [2.45, 2.75) is 12.2 Å². The van der Waals surface area contributed by atoms with Gasteiger partial charge in [0.2, 0.25) is 0 Å². The van der Waals surface area contributed by atoms with Crippen LogP contribution in [0, 0.1) is 0 Å². The van der Waals surface area contributed by atoms with Crippen LogP contribution in [0.25, 0.3) is 0 Å². The number of alkyl halides is 3. The summed E-state index contributed by atoms with van der Waals surface area (Å²) in [6, 6.07) is 4.86. The van der Waals surface area contributed by atoms with Crippen molar-refractivity contribution in [3.8, 4) is 5.75 Å². The molecule has 1 atom stereocenters. The molecule has 1 aromatic rings. The Hall–Kier alpha value is -1.22. The lowest BCUT2D eigenvalue weighted by atomic mass is 10.2. The summed E-state index contributed by atoms with van der Waals surface area (Å²) in [6.07, 6.45) is -4.41. The molecule has 1 aliphatic rings. The summed E-state index contributed by atoms with van der Waals surface area (Å²) in [6.45, 7) is 0.669. The summed E-state index contributed by atoms with van der Waals surface area (Å²) in [5.74, 6) is -0.317. The Morgan fingerprint density at radius 3 is 2.56 bits per heavy atom. The topological polar surface area (TPSA) is 53.6 Å². The molecule has 25 heavy (non-hydrogen) atoms. The summed E-state index contributed by atoms with van der Waals surface area (Å²) in [5, 5.41) is 5.62. The van der Waals surface area contributed by atoms with Crippen molar-refractivity contribution in [1.29, 1.82) is 0 Å². The van der Waals surface area contributed by atoms with Gasteiger partial charge in [0.25, 0.3) is 5.91 Å². The highest BCUT2D eigenvalue weighted by Crippen LogP contribution is 2.25. The predicted octanol–water partition coefficient (Wildman–Crippen LogP) is 2.09. The van der Waals surface area contributed by atoms with Crippen LogP contribution in [0.3, 0.4) is 0 Å². The van der Waals surface area contributed by atoms with E-state index in [1.54, 1.807) is 24.3 Å². The molecule has 1 amide bonds. The lowest BCUT2D eigenvalue weighted by Crippen LogP contribution is -2.57. The van der Waals surface area contributed by atoms with Gasteiger partial charge in [0.05, 0.1) is 5.02 Å². The van der Waals surface area contributed by atoms with Gasteiger partial charge in [-0.25, -0.2) is 0 Å². The second-order valence-electron chi connectivity index (χ2n) is 5.37. The van der Waals surface area contributed by atoms with Crippen LogP contribution in [0.15, 0.2) is 24.3 Å². The van der Waals surface area contributed by atoms with E-state index in [1.807, 2.05) is 0 Å². The van der Waals surface area contributed by atoms with Crippen molar-refractivity contribution in [2.24, 2.45) is 0 Å². The van der Waals surface area contributed by atoms with E-state index in [1.165, 1.54) is 4.90 Å². The van der Waals surface area contributed by atoms with Crippen molar-refractivity contribution < 1.29 is 22.7 Å². The average molecular weight is 402 g/mol. The van der Waals surface area contributed by atoms with Crippen LogP contribution in [-0.4, -0.2) is 62.4 Å². The Morgan fingerprint density at radius 2 is 1.96 bits per heavy atom. The SMILES string of the molecule is Cl.O=C(COc1ccccc1Cl)NCC(N1CCNCC1)C(F)(F)F. The van der Waals surface area contributed by atoms with Crippen molar-refractivity contribution in [3.63, 3.8) is 0 Å². The third-order valence-electron chi connectivity index (χ3n) is 3.66. The Bertz CT molecular complexity index is 555. The number of rotatable bonds is 6. The smallest absolute Gasteiger partial charge is 0.405 e. The van der Waals surface area contributed by atoms with Crippen molar-refractivity contribution in [3.05, 3.63) is 29.3 Å². The number of benzene rings is 1. The Kier molecular flexibility index (Phi) is 8.78. The van der Waals surface area contributed by atoms with E-state index in [-0.39, 0.29) is 25.5 Å². The molecule has 0 radical (unpaired) electrons. The van der Waals surface area contributed by atoms with E-state index < -0.39 is 31.3 Å². The summed E-state index contributed by atoms with van der Waals surface area (Å²) >= 11 is 5.88. The molecule has 1 fully saturated rings. The molecule has 2 rings (SSSR count). The van der Waals surface area contributed by atoms with Crippen molar-refractivity contribution in [1.82, 2.24) is 15.5 Å². The number of hydrogen-bond donors (Lipinski definition) is 2. The van der Waals surface area contributed by atoms with Crippen LogP contribution < -0.4 is 15.4 Å². The quantitative estimate of drug-likeness (QED) is 0.766. The number of amides is 1. The van der Waals surface area contributed by atoms with Gasteiger partial charge in [-0.1, -0.05) is 23.7 Å². The molecule has 5 nitrogen and oxygen atoms in total. The van der Waals surface area contributed by atoms with Gasteiger partial charge in [0.1, 0.15) is 11.8 Å². The van der Waals surface area contributed by atoms with Crippen LogP contribution in [0.4, 0.5) is 13.2 Å². The minimum Gasteiger partial charge on any atom is -0.482 e. The van der Waals surface area contributed by atoms with Gasteiger partial charge in [-0.15, -0.1) is 12.4 Å². The largest absolute Gasteiger partial charge is 0.482 e. The number of halogens is 5. The lowest BCUT2D eigenvalue weighted by Gasteiger charge is -2.35. The van der Waals surface area contributed by atoms with Gasteiger partial charge in [-0.05, 0) is 12.1 Å². The number of carbonyl (C=O) groups is 1. The van der Waals surface area contributed by atoms with Gasteiger partial charge in [0, 0.05) is 32.7 Å². The van der Waals surface area contributed by atoms with Crippen LogP contribution >= 0.6 is 24.0 Å². The van der Waals surface area contributed by atoms with Gasteiger partial charge in [0.15, 0.2) is 6.61 Å². The Morgan fingerprint density at radius 1 is 1.32 bits per heavy atom. The van der Waals surface area contributed by atoms with E-state index in [9.17, 15) is 18.0 Å². The molecule has 1 heterocycles.